The van der Waals surface area contributed by atoms with Gasteiger partial charge in [0.25, 0.3) is 0 Å². The molecule has 1 saturated heterocycles. The molecule has 2 rings (SSSR count). The largest absolute Gasteiger partial charge is 0.481 e. The summed E-state index contributed by atoms with van der Waals surface area (Å²) in [6.07, 6.45) is 0.393. The first-order valence-corrected chi connectivity index (χ1v) is 5.54. The van der Waals surface area contributed by atoms with Gasteiger partial charge in [0.1, 0.15) is 5.60 Å². The molecule has 5 nitrogen and oxygen atoms in total. The molecule has 0 aromatic carbocycles. The van der Waals surface area contributed by atoms with Crippen LogP contribution in [-0.2, 0) is 9.53 Å². The van der Waals surface area contributed by atoms with Gasteiger partial charge in [-0.25, -0.2) is 4.79 Å². The number of carbonyl (C=O) groups excluding carboxylic acids is 1. The third-order valence-corrected chi connectivity index (χ3v) is 3.10. The first kappa shape index (κ1) is 11.2. The molecule has 5 heteroatoms. The summed E-state index contributed by atoms with van der Waals surface area (Å²) in [5, 5.41) is 8.91. The monoisotopic (exact) mass is 227 g/mol. The third kappa shape index (κ3) is 1.86. The first-order valence-electron chi connectivity index (χ1n) is 5.54. The molecule has 1 N–H and O–H groups in total. The van der Waals surface area contributed by atoms with Crippen LogP contribution in [0.5, 0.6) is 0 Å². The third-order valence-electron chi connectivity index (χ3n) is 3.10. The van der Waals surface area contributed by atoms with Crippen LogP contribution in [0.1, 0.15) is 27.2 Å². The van der Waals surface area contributed by atoms with Crippen molar-refractivity contribution in [3.05, 3.63) is 0 Å². The maximum absolute atomic E-state index is 11.8. The van der Waals surface area contributed by atoms with Gasteiger partial charge < -0.3 is 14.7 Å². The number of hydrogen-bond acceptors (Lipinski definition) is 3. The fourth-order valence-electron chi connectivity index (χ4n) is 2.43. The highest BCUT2D eigenvalue weighted by molar-refractivity contribution is 5.79. The summed E-state index contributed by atoms with van der Waals surface area (Å²) in [6, 6.07) is -0.132. The molecule has 1 aliphatic heterocycles. The van der Waals surface area contributed by atoms with Crippen molar-refractivity contribution in [2.45, 2.75) is 38.8 Å². The Morgan fingerprint density at radius 3 is 2.44 bits per heavy atom. The highest BCUT2D eigenvalue weighted by Crippen LogP contribution is 2.51. The van der Waals surface area contributed by atoms with Crippen LogP contribution in [0, 0.1) is 11.8 Å². The zero-order valence-corrected chi connectivity index (χ0v) is 9.77. The molecule has 0 spiro atoms. The topological polar surface area (TPSA) is 66.8 Å². The molecule has 1 heterocycles. The molecule has 3 atom stereocenters. The Morgan fingerprint density at radius 1 is 1.38 bits per heavy atom. The zero-order valence-electron chi connectivity index (χ0n) is 9.77. The molecule has 1 aliphatic carbocycles. The Balaban J connectivity index is 1.97. The maximum atomic E-state index is 11.8. The average Bonchev–Trinajstić information content (AvgIpc) is 2.64. The van der Waals surface area contributed by atoms with E-state index in [0.29, 0.717) is 6.54 Å². The number of amides is 1. The van der Waals surface area contributed by atoms with E-state index in [-0.39, 0.29) is 24.0 Å². The van der Waals surface area contributed by atoms with E-state index < -0.39 is 11.6 Å². The number of nitrogens with zero attached hydrogens (tertiary/aromatic N) is 1. The van der Waals surface area contributed by atoms with Crippen LogP contribution in [0.25, 0.3) is 0 Å². The van der Waals surface area contributed by atoms with Crippen molar-refractivity contribution in [1.82, 2.24) is 4.90 Å². The molecule has 0 bridgehead atoms. The number of ether oxygens (including phenoxy) is 1. The predicted octanol–water partition coefficient (Wildman–Crippen LogP) is 1.33. The molecule has 90 valence electrons. The van der Waals surface area contributed by atoms with Crippen LogP contribution < -0.4 is 0 Å². The van der Waals surface area contributed by atoms with Crippen LogP contribution >= 0.6 is 0 Å². The number of fused-ring (bicyclic) bond motifs is 1. The second kappa shape index (κ2) is 3.37. The van der Waals surface area contributed by atoms with Gasteiger partial charge in [0.15, 0.2) is 0 Å². The van der Waals surface area contributed by atoms with Gasteiger partial charge >= 0.3 is 12.1 Å². The lowest BCUT2D eigenvalue weighted by atomic mass is 10.2. The number of aliphatic carboxylic acids is 1. The van der Waals surface area contributed by atoms with E-state index in [9.17, 15) is 9.59 Å². The van der Waals surface area contributed by atoms with E-state index in [0.717, 1.165) is 6.42 Å². The smallest absolute Gasteiger partial charge is 0.410 e. The van der Waals surface area contributed by atoms with Gasteiger partial charge in [-0.05, 0) is 33.1 Å². The number of hydrogen-bond donors (Lipinski definition) is 1. The van der Waals surface area contributed by atoms with Gasteiger partial charge in [0.05, 0.1) is 12.0 Å². The normalized spacial score (nSPS) is 32.2. The SMILES string of the molecule is CC(C)(C)OC(=O)N1CC[C@@H]2C(C(=O)O)[C@@H]21. The van der Waals surface area contributed by atoms with Crippen molar-refractivity contribution in [2.75, 3.05) is 6.54 Å². The minimum absolute atomic E-state index is 0.132. The van der Waals surface area contributed by atoms with Crippen LogP contribution in [0.4, 0.5) is 4.79 Å². The van der Waals surface area contributed by atoms with E-state index >= 15 is 0 Å². The predicted molar refractivity (Wildman–Crippen MR) is 56.0 cm³/mol. The molecule has 1 unspecified atom stereocenters. The van der Waals surface area contributed by atoms with E-state index in [1.807, 2.05) is 0 Å². The number of piperidine rings is 1. The Bertz CT molecular complexity index is 333. The van der Waals surface area contributed by atoms with Crippen LogP contribution in [0.2, 0.25) is 0 Å². The molecule has 0 radical (unpaired) electrons. The lowest BCUT2D eigenvalue weighted by Gasteiger charge is -2.25. The molecule has 1 amide bonds. The first-order chi connectivity index (χ1) is 7.31. The van der Waals surface area contributed by atoms with Crippen LogP contribution in [0.15, 0.2) is 0 Å². The van der Waals surface area contributed by atoms with E-state index in [2.05, 4.69) is 0 Å². The Hall–Kier alpha value is -1.26. The molecular formula is C11H17NO4. The van der Waals surface area contributed by atoms with Gasteiger partial charge in [-0.2, -0.15) is 0 Å². The molecular weight excluding hydrogens is 210 g/mol. The van der Waals surface area contributed by atoms with Crippen molar-refractivity contribution in [2.24, 2.45) is 11.8 Å². The Labute approximate surface area is 94.4 Å². The quantitative estimate of drug-likeness (QED) is 0.733. The molecule has 2 fully saturated rings. The lowest BCUT2D eigenvalue weighted by Crippen LogP contribution is -2.38. The van der Waals surface area contributed by atoms with Crippen molar-refractivity contribution >= 4 is 12.1 Å². The van der Waals surface area contributed by atoms with Crippen molar-refractivity contribution in [1.29, 1.82) is 0 Å². The maximum Gasteiger partial charge on any atom is 0.410 e. The highest BCUT2D eigenvalue weighted by atomic mass is 16.6. The fraction of sp³-hybridized carbons (Fsp3) is 0.818. The molecule has 0 aromatic heterocycles. The Morgan fingerprint density at radius 2 is 2.00 bits per heavy atom. The number of carboxylic acid groups (broad SMARTS) is 1. The average molecular weight is 227 g/mol. The summed E-state index contributed by atoms with van der Waals surface area (Å²) in [5.41, 5.74) is -0.525. The van der Waals surface area contributed by atoms with Gasteiger partial charge in [-0.1, -0.05) is 0 Å². The molecule has 16 heavy (non-hydrogen) atoms. The molecule has 0 aromatic rings. The van der Waals surface area contributed by atoms with Crippen molar-refractivity contribution < 1.29 is 19.4 Å². The van der Waals surface area contributed by atoms with Crippen LogP contribution in [0.3, 0.4) is 0 Å². The van der Waals surface area contributed by atoms with E-state index in [1.165, 1.54) is 0 Å². The summed E-state index contributed by atoms with van der Waals surface area (Å²) in [7, 11) is 0. The standard InChI is InChI=1S/C11H17NO4/c1-11(2,3)16-10(15)12-5-4-6-7(8(6)12)9(13)14/h6-8H,4-5H2,1-3H3,(H,13,14)/t6-,7?,8-/m1/s1. The summed E-state index contributed by atoms with van der Waals surface area (Å²) < 4.78 is 5.24. The van der Waals surface area contributed by atoms with Gasteiger partial charge in [-0.15, -0.1) is 0 Å². The molecule has 2 aliphatic rings. The van der Waals surface area contributed by atoms with Crippen LogP contribution in [-0.4, -0.2) is 40.3 Å². The van der Waals surface area contributed by atoms with Crippen molar-refractivity contribution in [3.8, 4) is 0 Å². The van der Waals surface area contributed by atoms with E-state index in [1.54, 1.807) is 25.7 Å². The van der Waals surface area contributed by atoms with Gasteiger partial charge in [0, 0.05) is 6.54 Å². The molecule has 1 saturated carbocycles. The number of carboxylic acids is 1. The Kier molecular flexibility index (Phi) is 2.36. The fourth-order valence-corrected chi connectivity index (χ4v) is 2.43. The van der Waals surface area contributed by atoms with Gasteiger partial charge in [-0.3, -0.25) is 4.79 Å². The number of carbonyl (C=O) groups is 2. The van der Waals surface area contributed by atoms with E-state index in [4.69, 9.17) is 9.84 Å². The highest BCUT2D eigenvalue weighted by Gasteiger charge is 2.63. The van der Waals surface area contributed by atoms with Crippen molar-refractivity contribution in [3.63, 3.8) is 0 Å². The summed E-state index contributed by atoms with van der Waals surface area (Å²) in [4.78, 5) is 24.2. The summed E-state index contributed by atoms with van der Waals surface area (Å²) >= 11 is 0. The zero-order chi connectivity index (χ0) is 12.1. The minimum atomic E-state index is -0.803. The number of likely N-dealkylation sites (tertiary alicyclic amines) is 1. The number of rotatable bonds is 1. The summed E-state index contributed by atoms with van der Waals surface area (Å²) in [5.74, 6) is -1.03. The summed E-state index contributed by atoms with van der Waals surface area (Å²) in [6.45, 7) is 6.04. The second-order valence-corrected chi connectivity index (χ2v) is 5.48. The second-order valence-electron chi connectivity index (χ2n) is 5.48. The lowest BCUT2D eigenvalue weighted by molar-refractivity contribution is -0.139. The minimum Gasteiger partial charge on any atom is -0.481 e. The van der Waals surface area contributed by atoms with Gasteiger partial charge in [0.2, 0.25) is 0 Å².